The fourth-order valence-electron chi connectivity index (χ4n) is 2.15. The van der Waals surface area contributed by atoms with Crippen LogP contribution in [0.4, 0.5) is 0 Å². The first-order chi connectivity index (χ1) is 5.74. The monoisotopic (exact) mass is 208 g/mol. The lowest BCUT2D eigenvalue weighted by Crippen LogP contribution is -2.22. The molecule has 0 radical (unpaired) electrons. The molecule has 12 heavy (non-hydrogen) atoms. The standard InChI is InChI=1S/C10H18Cl2/c1-8-3-2-4-9(7-8)10(12)5-6-11/h8-10H,2-7H2,1H3. The maximum Gasteiger partial charge on any atom is 0.0375 e. The van der Waals surface area contributed by atoms with Crippen molar-refractivity contribution in [3.05, 3.63) is 0 Å². The molecule has 0 aliphatic heterocycles. The number of rotatable bonds is 3. The Morgan fingerprint density at radius 2 is 2.17 bits per heavy atom. The zero-order chi connectivity index (χ0) is 8.97. The number of hydrogen-bond donors (Lipinski definition) is 0. The molecule has 3 unspecified atom stereocenters. The van der Waals surface area contributed by atoms with Crippen molar-refractivity contribution in [1.29, 1.82) is 0 Å². The smallest absolute Gasteiger partial charge is 0.0375 e. The van der Waals surface area contributed by atoms with Crippen molar-refractivity contribution in [1.82, 2.24) is 0 Å². The minimum atomic E-state index is 0.324. The van der Waals surface area contributed by atoms with Crippen LogP contribution in [0, 0.1) is 11.8 Å². The molecule has 0 aromatic carbocycles. The van der Waals surface area contributed by atoms with Crippen LogP contribution in [0.25, 0.3) is 0 Å². The molecule has 1 saturated carbocycles. The van der Waals surface area contributed by atoms with Crippen LogP contribution >= 0.6 is 23.2 Å². The summed E-state index contributed by atoms with van der Waals surface area (Å²) in [4.78, 5) is 0. The first-order valence-electron chi connectivity index (χ1n) is 4.94. The van der Waals surface area contributed by atoms with Crippen molar-refractivity contribution < 1.29 is 0 Å². The van der Waals surface area contributed by atoms with Gasteiger partial charge in [0.05, 0.1) is 0 Å². The van der Waals surface area contributed by atoms with Crippen LogP contribution in [-0.4, -0.2) is 11.3 Å². The molecule has 0 aromatic rings. The highest BCUT2D eigenvalue weighted by Crippen LogP contribution is 2.34. The second-order valence-corrected chi connectivity index (χ2v) is 4.96. The maximum atomic E-state index is 6.24. The van der Waals surface area contributed by atoms with E-state index in [1.807, 2.05) is 0 Å². The second-order valence-electron chi connectivity index (χ2n) is 4.03. The minimum absolute atomic E-state index is 0.324. The molecule has 72 valence electrons. The fourth-order valence-corrected chi connectivity index (χ4v) is 2.83. The van der Waals surface area contributed by atoms with Gasteiger partial charge in [0.25, 0.3) is 0 Å². The predicted octanol–water partition coefficient (Wildman–Crippen LogP) is 4.05. The summed E-state index contributed by atoms with van der Waals surface area (Å²) in [6.07, 6.45) is 6.35. The highest BCUT2D eigenvalue weighted by atomic mass is 35.5. The Bertz CT molecular complexity index is 125. The molecule has 0 amide bonds. The van der Waals surface area contributed by atoms with Crippen molar-refractivity contribution in [2.24, 2.45) is 11.8 Å². The van der Waals surface area contributed by atoms with Crippen LogP contribution in [-0.2, 0) is 0 Å². The van der Waals surface area contributed by atoms with Gasteiger partial charge in [-0.3, -0.25) is 0 Å². The first-order valence-corrected chi connectivity index (χ1v) is 5.91. The second kappa shape index (κ2) is 5.34. The van der Waals surface area contributed by atoms with E-state index in [2.05, 4.69) is 6.92 Å². The molecule has 0 nitrogen and oxygen atoms in total. The molecule has 0 aromatic heterocycles. The van der Waals surface area contributed by atoms with Gasteiger partial charge in [-0.15, -0.1) is 23.2 Å². The van der Waals surface area contributed by atoms with Crippen molar-refractivity contribution in [2.75, 3.05) is 5.88 Å². The van der Waals surface area contributed by atoms with Crippen molar-refractivity contribution in [3.8, 4) is 0 Å². The van der Waals surface area contributed by atoms with Gasteiger partial charge in [-0.05, 0) is 31.1 Å². The lowest BCUT2D eigenvalue weighted by atomic mass is 9.80. The quantitative estimate of drug-likeness (QED) is 0.615. The van der Waals surface area contributed by atoms with E-state index in [9.17, 15) is 0 Å². The lowest BCUT2D eigenvalue weighted by molar-refractivity contribution is 0.272. The lowest BCUT2D eigenvalue weighted by Gasteiger charge is -2.29. The van der Waals surface area contributed by atoms with Crippen LogP contribution in [0.15, 0.2) is 0 Å². The van der Waals surface area contributed by atoms with Gasteiger partial charge in [0.2, 0.25) is 0 Å². The fraction of sp³-hybridized carbons (Fsp3) is 1.00. The first kappa shape index (κ1) is 10.7. The molecular weight excluding hydrogens is 191 g/mol. The third-order valence-electron chi connectivity index (χ3n) is 2.87. The topological polar surface area (TPSA) is 0 Å². The zero-order valence-electron chi connectivity index (χ0n) is 7.73. The van der Waals surface area contributed by atoms with Gasteiger partial charge in [0.1, 0.15) is 0 Å². The van der Waals surface area contributed by atoms with Crippen molar-refractivity contribution in [3.63, 3.8) is 0 Å². The molecule has 0 saturated heterocycles. The maximum absolute atomic E-state index is 6.24. The molecule has 0 N–H and O–H groups in total. The van der Waals surface area contributed by atoms with Crippen LogP contribution in [0.2, 0.25) is 0 Å². The van der Waals surface area contributed by atoms with Crippen LogP contribution < -0.4 is 0 Å². The normalized spacial score (nSPS) is 33.2. The molecule has 0 heterocycles. The summed E-state index contributed by atoms with van der Waals surface area (Å²) in [6.45, 7) is 2.33. The molecule has 2 heteroatoms. The van der Waals surface area contributed by atoms with E-state index in [1.165, 1.54) is 25.7 Å². The summed E-state index contributed by atoms with van der Waals surface area (Å²) in [5.41, 5.74) is 0. The number of hydrogen-bond acceptors (Lipinski definition) is 0. The number of halogens is 2. The van der Waals surface area contributed by atoms with Gasteiger partial charge in [-0.2, -0.15) is 0 Å². The summed E-state index contributed by atoms with van der Waals surface area (Å²) in [7, 11) is 0. The molecule has 0 spiro atoms. The SMILES string of the molecule is CC1CCCC(C(Cl)CCCl)C1. The van der Waals surface area contributed by atoms with Gasteiger partial charge in [0.15, 0.2) is 0 Å². The Labute approximate surface area is 85.6 Å². The highest BCUT2D eigenvalue weighted by Gasteiger charge is 2.24. The average molecular weight is 209 g/mol. The summed E-state index contributed by atoms with van der Waals surface area (Å²) in [6, 6.07) is 0. The van der Waals surface area contributed by atoms with E-state index >= 15 is 0 Å². The van der Waals surface area contributed by atoms with E-state index in [-0.39, 0.29) is 0 Å². The Morgan fingerprint density at radius 3 is 2.75 bits per heavy atom. The summed E-state index contributed by atoms with van der Waals surface area (Å²) in [5, 5.41) is 0.324. The molecule has 1 aliphatic rings. The molecular formula is C10H18Cl2. The van der Waals surface area contributed by atoms with E-state index in [4.69, 9.17) is 23.2 Å². The van der Waals surface area contributed by atoms with Crippen molar-refractivity contribution in [2.45, 2.75) is 44.4 Å². The van der Waals surface area contributed by atoms with Crippen LogP contribution in [0.5, 0.6) is 0 Å². The Hall–Kier alpha value is 0.580. The summed E-state index contributed by atoms with van der Waals surface area (Å²) in [5.74, 6) is 2.31. The molecule has 0 bridgehead atoms. The number of alkyl halides is 2. The highest BCUT2D eigenvalue weighted by molar-refractivity contribution is 6.22. The van der Waals surface area contributed by atoms with E-state index in [0.29, 0.717) is 11.3 Å². The molecule has 1 rings (SSSR count). The molecule has 1 fully saturated rings. The average Bonchev–Trinajstić information content (AvgIpc) is 2.05. The predicted molar refractivity (Wildman–Crippen MR) is 56.1 cm³/mol. The van der Waals surface area contributed by atoms with E-state index in [0.717, 1.165) is 18.3 Å². The largest absolute Gasteiger partial charge is 0.127 e. The van der Waals surface area contributed by atoms with Gasteiger partial charge in [-0.25, -0.2) is 0 Å². The third-order valence-corrected chi connectivity index (χ3v) is 3.67. The van der Waals surface area contributed by atoms with Crippen molar-refractivity contribution >= 4 is 23.2 Å². The van der Waals surface area contributed by atoms with Gasteiger partial charge in [0, 0.05) is 11.3 Å². The van der Waals surface area contributed by atoms with E-state index in [1.54, 1.807) is 0 Å². The van der Waals surface area contributed by atoms with Crippen LogP contribution in [0.3, 0.4) is 0 Å². The molecule has 1 aliphatic carbocycles. The third kappa shape index (κ3) is 3.14. The summed E-state index contributed by atoms with van der Waals surface area (Å²) >= 11 is 11.9. The van der Waals surface area contributed by atoms with Crippen LogP contribution in [0.1, 0.15) is 39.0 Å². The zero-order valence-corrected chi connectivity index (χ0v) is 9.24. The van der Waals surface area contributed by atoms with Gasteiger partial charge >= 0.3 is 0 Å². The summed E-state index contributed by atoms with van der Waals surface area (Å²) < 4.78 is 0. The Balaban J connectivity index is 2.29. The molecule has 3 atom stereocenters. The van der Waals surface area contributed by atoms with Gasteiger partial charge < -0.3 is 0 Å². The Morgan fingerprint density at radius 1 is 1.42 bits per heavy atom. The van der Waals surface area contributed by atoms with Gasteiger partial charge in [-0.1, -0.05) is 19.8 Å². The minimum Gasteiger partial charge on any atom is -0.127 e. The Kier molecular flexibility index (Phi) is 4.74. The van der Waals surface area contributed by atoms with E-state index < -0.39 is 0 Å².